The lowest BCUT2D eigenvalue weighted by molar-refractivity contribution is 0.0703. The zero-order valence-corrected chi connectivity index (χ0v) is 29.4. The monoisotopic (exact) mass is 587 g/mol. The highest BCUT2D eigenvalue weighted by Gasteiger charge is 2.22. The molecule has 0 aromatic carbocycles. The van der Waals surface area contributed by atoms with E-state index in [9.17, 15) is 0 Å². The molecule has 40 heavy (non-hydrogen) atoms. The maximum atomic E-state index is 6.44. The first-order chi connectivity index (χ1) is 19.5. The summed E-state index contributed by atoms with van der Waals surface area (Å²) in [5.74, 6) is 0. The van der Waals surface area contributed by atoms with Gasteiger partial charge in [-0.3, -0.25) is 0 Å². The minimum Gasteiger partial charge on any atom is -0.309 e. The minimum atomic E-state index is -1.28. The molecule has 0 spiro atoms. The van der Waals surface area contributed by atoms with Crippen molar-refractivity contribution in [2.45, 2.75) is 233 Å². The first-order valence-corrected chi connectivity index (χ1v) is 19.4. The molecule has 3 unspecified atom stereocenters. The second kappa shape index (κ2) is 32.2. The van der Waals surface area contributed by atoms with Gasteiger partial charge in [-0.05, 0) is 40.0 Å². The fraction of sp³-hybridized carbons (Fsp3) is 1.00. The highest BCUT2D eigenvalue weighted by Crippen LogP contribution is 2.45. The standard InChI is InChI=1S/C36H75O3P/c1-7-10-13-16-19-22-25-28-31-34(4)37-40(38-35(5)32-29-26-23-20-17-14-11-8-2)39-36(6)33-30-27-24-21-18-15-12-9-3/h34-36H,7-33H2,1-6H3. The van der Waals surface area contributed by atoms with E-state index in [2.05, 4.69) is 41.5 Å². The topological polar surface area (TPSA) is 27.7 Å². The number of hydrogen-bond donors (Lipinski definition) is 0. The van der Waals surface area contributed by atoms with Gasteiger partial charge in [-0.1, -0.05) is 175 Å². The van der Waals surface area contributed by atoms with Crippen LogP contribution in [0.1, 0.15) is 215 Å². The second-order valence-electron chi connectivity index (χ2n) is 12.8. The quantitative estimate of drug-likeness (QED) is 0.0565. The Hall–Kier alpha value is 0.310. The van der Waals surface area contributed by atoms with Gasteiger partial charge in [0.25, 0.3) is 0 Å². The van der Waals surface area contributed by atoms with Gasteiger partial charge in [-0.15, -0.1) is 0 Å². The normalized spacial score (nSPS) is 14.8. The molecule has 0 aromatic rings. The molecule has 0 fully saturated rings. The molecule has 4 heteroatoms. The smallest absolute Gasteiger partial charge is 0.309 e. The molecule has 0 bridgehead atoms. The zero-order chi connectivity index (χ0) is 29.5. The van der Waals surface area contributed by atoms with E-state index in [-0.39, 0.29) is 18.3 Å². The van der Waals surface area contributed by atoms with Crippen LogP contribution in [-0.4, -0.2) is 18.3 Å². The molecule has 0 aliphatic rings. The van der Waals surface area contributed by atoms with Crippen molar-refractivity contribution in [3.63, 3.8) is 0 Å². The van der Waals surface area contributed by atoms with Crippen LogP contribution in [0.15, 0.2) is 0 Å². The van der Waals surface area contributed by atoms with Gasteiger partial charge in [-0.2, -0.15) is 0 Å². The summed E-state index contributed by atoms with van der Waals surface area (Å²) in [6, 6.07) is 0. The Balaban J connectivity index is 4.36. The Bertz CT molecular complexity index is 408. The van der Waals surface area contributed by atoms with Crippen LogP contribution in [0.4, 0.5) is 0 Å². The molecule has 0 saturated carbocycles. The number of unbranched alkanes of at least 4 members (excludes halogenated alkanes) is 21. The van der Waals surface area contributed by atoms with Gasteiger partial charge < -0.3 is 13.6 Å². The van der Waals surface area contributed by atoms with Gasteiger partial charge in [0, 0.05) is 0 Å². The first-order valence-electron chi connectivity index (χ1n) is 18.3. The third-order valence-corrected chi connectivity index (χ3v) is 9.79. The van der Waals surface area contributed by atoms with Gasteiger partial charge in [0.2, 0.25) is 0 Å². The van der Waals surface area contributed by atoms with Gasteiger partial charge in [0.05, 0.1) is 18.3 Å². The lowest BCUT2D eigenvalue weighted by Gasteiger charge is -2.26. The Kier molecular flexibility index (Phi) is 32.5. The van der Waals surface area contributed by atoms with Crippen molar-refractivity contribution in [1.29, 1.82) is 0 Å². The Morgan fingerprint density at radius 3 is 0.750 bits per heavy atom. The fourth-order valence-electron chi connectivity index (χ4n) is 5.37. The third kappa shape index (κ3) is 29.8. The van der Waals surface area contributed by atoms with Gasteiger partial charge in [0.15, 0.2) is 0 Å². The van der Waals surface area contributed by atoms with E-state index in [0.29, 0.717) is 0 Å². The van der Waals surface area contributed by atoms with Crippen LogP contribution in [0, 0.1) is 0 Å². The molecule has 0 aliphatic carbocycles. The Labute approximate surface area is 255 Å². The van der Waals surface area contributed by atoms with E-state index in [0.717, 1.165) is 19.3 Å². The molecule has 0 amide bonds. The van der Waals surface area contributed by atoms with E-state index >= 15 is 0 Å². The Morgan fingerprint density at radius 2 is 0.525 bits per heavy atom. The summed E-state index contributed by atoms with van der Waals surface area (Å²) >= 11 is 0. The van der Waals surface area contributed by atoms with Crippen LogP contribution >= 0.6 is 8.60 Å². The van der Waals surface area contributed by atoms with Crippen LogP contribution in [0.5, 0.6) is 0 Å². The van der Waals surface area contributed by atoms with Crippen molar-refractivity contribution in [2.75, 3.05) is 0 Å². The summed E-state index contributed by atoms with van der Waals surface area (Å²) in [7, 11) is -1.28. The molecule has 0 saturated heterocycles. The molecule has 0 rings (SSSR count). The summed E-state index contributed by atoms with van der Waals surface area (Å²) in [4.78, 5) is 0. The first kappa shape index (κ1) is 40.3. The summed E-state index contributed by atoms with van der Waals surface area (Å²) < 4.78 is 19.3. The van der Waals surface area contributed by atoms with Crippen molar-refractivity contribution < 1.29 is 13.6 Å². The number of hydrogen-bond acceptors (Lipinski definition) is 3. The summed E-state index contributed by atoms with van der Waals surface area (Å²) in [5, 5.41) is 0. The highest BCUT2D eigenvalue weighted by atomic mass is 31.2. The van der Waals surface area contributed by atoms with E-state index in [1.54, 1.807) is 0 Å². The molecule has 0 N–H and O–H groups in total. The van der Waals surface area contributed by atoms with Crippen LogP contribution < -0.4 is 0 Å². The molecular weight excluding hydrogens is 511 g/mol. The van der Waals surface area contributed by atoms with Crippen LogP contribution in [0.2, 0.25) is 0 Å². The summed E-state index contributed by atoms with van der Waals surface area (Å²) in [6.45, 7) is 13.5. The molecule has 0 heterocycles. The van der Waals surface area contributed by atoms with Crippen molar-refractivity contribution >= 4 is 8.60 Å². The molecule has 0 aromatic heterocycles. The van der Waals surface area contributed by atoms with Crippen LogP contribution in [-0.2, 0) is 13.6 Å². The van der Waals surface area contributed by atoms with E-state index in [1.165, 1.54) is 154 Å². The summed E-state index contributed by atoms with van der Waals surface area (Å²) in [6.07, 6.45) is 36.5. The second-order valence-corrected chi connectivity index (χ2v) is 13.8. The maximum absolute atomic E-state index is 6.44. The maximum Gasteiger partial charge on any atom is 0.333 e. The van der Waals surface area contributed by atoms with Crippen LogP contribution in [0.25, 0.3) is 0 Å². The van der Waals surface area contributed by atoms with Gasteiger partial charge in [0.1, 0.15) is 0 Å². The molecule has 3 atom stereocenters. The largest absolute Gasteiger partial charge is 0.333 e. The molecule has 3 nitrogen and oxygen atoms in total. The lowest BCUT2D eigenvalue weighted by Crippen LogP contribution is -2.15. The van der Waals surface area contributed by atoms with Crippen molar-refractivity contribution in [3.8, 4) is 0 Å². The lowest BCUT2D eigenvalue weighted by atomic mass is 10.1. The van der Waals surface area contributed by atoms with E-state index < -0.39 is 8.60 Å². The van der Waals surface area contributed by atoms with Gasteiger partial charge in [-0.25, -0.2) is 0 Å². The van der Waals surface area contributed by atoms with Gasteiger partial charge >= 0.3 is 8.60 Å². The zero-order valence-electron chi connectivity index (χ0n) is 28.5. The van der Waals surface area contributed by atoms with Crippen LogP contribution in [0.3, 0.4) is 0 Å². The fourth-order valence-corrected chi connectivity index (χ4v) is 6.72. The summed E-state index contributed by atoms with van der Waals surface area (Å²) in [5.41, 5.74) is 0. The average molecular weight is 587 g/mol. The minimum absolute atomic E-state index is 0.205. The molecular formula is C36H75O3P. The van der Waals surface area contributed by atoms with E-state index in [1.807, 2.05) is 0 Å². The third-order valence-electron chi connectivity index (χ3n) is 8.19. The highest BCUT2D eigenvalue weighted by molar-refractivity contribution is 7.41. The predicted octanol–water partition coefficient (Wildman–Crippen LogP) is 14.0. The van der Waals surface area contributed by atoms with Crippen molar-refractivity contribution in [2.24, 2.45) is 0 Å². The predicted molar refractivity (Wildman–Crippen MR) is 180 cm³/mol. The van der Waals surface area contributed by atoms with E-state index in [4.69, 9.17) is 13.6 Å². The molecule has 242 valence electrons. The average Bonchev–Trinajstić information content (AvgIpc) is 2.93. The van der Waals surface area contributed by atoms with Crippen molar-refractivity contribution in [3.05, 3.63) is 0 Å². The number of rotatable bonds is 33. The molecule has 0 aliphatic heterocycles. The van der Waals surface area contributed by atoms with Crippen molar-refractivity contribution in [1.82, 2.24) is 0 Å². The Morgan fingerprint density at radius 1 is 0.325 bits per heavy atom. The molecule has 0 radical (unpaired) electrons. The SMILES string of the molecule is CCCCCCCCCCC(C)OP(OC(C)CCCCCCCCCC)OC(C)CCCCCCCCCC.